The third-order valence-corrected chi connectivity index (χ3v) is 5.93. The molecule has 0 aliphatic heterocycles. The smallest absolute Gasteiger partial charge is 0.405 e. The number of hydrogen-bond donors (Lipinski definition) is 4. The van der Waals surface area contributed by atoms with Gasteiger partial charge in [0.1, 0.15) is 11.9 Å². The topological polar surface area (TPSA) is 90.2 Å². The zero-order valence-electron chi connectivity index (χ0n) is 17.1. The number of aryl methyl sites for hydroxylation is 1. The molecule has 1 aliphatic carbocycles. The van der Waals surface area contributed by atoms with E-state index < -0.39 is 48.9 Å². The second-order valence-electron chi connectivity index (χ2n) is 8.02. The van der Waals surface area contributed by atoms with Gasteiger partial charge in [0, 0.05) is 24.0 Å². The molecule has 1 unspecified atom stereocenters. The van der Waals surface area contributed by atoms with Crippen molar-refractivity contribution in [3.8, 4) is 5.75 Å². The molecule has 1 aliphatic rings. The maximum absolute atomic E-state index is 13.0. The quantitative estimate of drug-likeness (QED) is 0.555. The van der Waals surface area contributed by atoms with Crippen molar-refractivity contribution in [3.05, 3.63) is 64.7 Å². The Morgan fingerprint density at radius 3 is 2.10 bits per heavy atom. The molecule has 0 amide bonds. The first kappa shape index (κ1) is 23.5. The molecule has 5 atom stereocenters. The fourth-order valence-electron chi connectivity index (χ4n) is 4.16. The fourth-order valence-corrected chi connectivity index (χ4v) is 4.16. The van der Waals surface area contributed by atoms with Gasteiger partial charge in [0.15, 0.2) is 0 Å². The van der Waals surface area contributed by atoms with Gasteiger partial charge in [-0.15, -0.1) is 13.2 Å². The molecule has 8 heteroatoms. The predicted molar refractivity (Wildman–Crippen MR) is 108 cm³/mol. The summed E-state index contributed by atoms with van der Waals surface area (Å²) >= 11 is 0. The van der Waals surface area contributed by atoms with Crippen molar-refractivity contribution in [2.24, 2.45) is 5.92 Å². The molecule has 0 spiro atoms. The Balaban J connectivity index is 1.97. The third kappa shape index (κ3) is 5.57. The lowest BCUT2D eigenvalue weighted by Gasteiger charge is -2.40. The zero-order valence-corrected chi connectivity index (χ0v) is 17.1. The Kier molecular flexibility index (Phi) is 7.26. The largest absolute Gasteiger partial charge is 0.573 e. The van der Waals surface area contributed by atoms with E-state index in [9.17, 15) is 33.6 Å². The Morgan fingerprint density at radius 2 is 1.52 bits per heavy atom. The number of benzene rings is 2. The molecule has 0 radical (unpaired) electrons. The Morgan fingerprint density at radius 1 is 0.903 bits per heavy atom. The lowest BCUT2D eigenvalue weighted by Crippen LogP contribution is -2.51. The predicted octanol–water partition coefficient (Wildman–Crippen LogP) is 2.92. The van der Waals surface area contributed by atoms with Gasteiger partial charge in [0.2, 0.25) is 0 Å². The summed E-state index contributed by atoms with van der Waals surface area (Å²) in [5, 5.41) is 40.2. The van der Waals surface area contributed by atoms with Crippen LogP contribution in [0.1, 0.15) is 41.5 Å². The highest BCUT2D eigenvalue weighted by molar-refractivity contribution is 5.43. The maximum atomic E-state index is 13.0. The Hall–Kier alpha value is -2.13. The highest BCUT2D eigenvalue weighted by atomic mass is 19.4. The van der Waals surface area contributed by atoms with Gasteiger partial charge in [-0.05, 0) is 42.0 Å². The second kappa shape index (κ2) is 9.56. The van der Waals surface area contributed by atoms with Gasteiger partial charge in [-0.3, -0.25) is 0 Å². The first-order valence-electron chi connectivity index (χ1n) is 10.2. The Labute approximate surface area is 178 Å². The SMILES string of the molecule is CCc1ccc(Cc2ccc(OC(F)(F)F)c([C@@H]3C[C@H](CO)[C@@H](O)C(O)[C@H]3O)c2)cc1. The molecular formula is C23H27F3O5. The minimum atomic E-state index is -4.93. The van der Waals surface area contributed by atoms with Crippen molar-refractivity contribution in [2.45, 2.75) is 56.8 Å². The van der Waals surface area contributed by atoms with Crippen LogP contribution in [-0.2, 0) is 12.8 Å². The fraction of sp³-hybridized carbons (Fsp3) is 0.478. The van der Waals surface area contributed by atoms with Gasteiger partial charge in [0.05, 0.1) is 12.2 Å². The molecule has 1 saturated carbocycles. The summed E-state index contributed by atoms with van der Waals surface area (Å²) in [7, 11) is 0. The number of aliphatic hydroxyl groups is 4. The summed E-state index contributed by atoms with van der Waals surface area (Å²) in [4.78, 5) is 0. The van der Waals surface area contributed by atoms with Crippen LogP contribution in [0.4, 0.5) is 13.2 Å². The first-order chi connectivity index (χ1) is 14.6. The van der Waals surface area contributed by atoms with Gasteiger partial charge >= 0.3 is 6.36 Å². The maximum Gasteiger partial charge on any atom is 0.573 e. The normalized spacial score (nSPS) is 26.6. The molecule has 0 saturated heterocycles. The standard InChI is InChI=1S/C23H27F3O5/c1-2-13-3-5-14(6-4-13)9-15-7-8-19(31-23(24,25)26)17(10-15)18-11-16(12-27)20(28)22(30)21(18)29/h3-8,10,16,18,20-22,27-30H,2,9,11-12H2,1H3/t16-,18+,20-,21+,22?/m1/s1. The van der Waals surface area contributed by atoms with Gasteiger partial charge < -0.3 is 25.2 Å². The van der Waals surface area contributed by atoms with E-state index in [0.29, 0.717) is 12.0 Å². The van der Waals surface area contributed by atoms with Crippen LogP contribution in [0, 0.1) is 5.92 Å². The van der Waals surface area contributed by atoms with Crippen LogP contribution in [0.5, 0.6) is 5.75 Å². The number of alkyl halides is 3. The van der Waals surface area contributed by atoms with E-state index in [4.69, 9.17) is 0 Å². The second-order valence-corrected chi connectivity index (χ2v) is 8.02. The molecule has 2 aromatic rings. The van der Waals surface area contributed by atoms with E-state index >= 15 is 0 Å². The summed E-state index contributed by atoms with van der Waals surface area (Å²) in [5.74, 6) is -2.20. The van der Waals surface area contributed by atoms with E-state index in [1.54, 1.807) is 0 Å². The van der Waals surface area contributed by atoms with Crippen LogP contribution in [0.3, 0.4) is 0 Å². The minimum absolute atomic E-state index is 0.00123. The van der Waals surface area contributed by atoms with E-state index in [1.165, 1.54) is 23.8 Å². The summed E-state index contributed by atoms with van der Waals surface area (Å²) in [5.41, 5.74) is 2.94. The van der Waals surface area contributed by atoms with Crippen LogP contribution in [-0.4, -0.2) is 51.7 Å². The monoisotopic (exact) mass is 440 g/mol. The number of rotatable bonds is 6. The van der Waals surface area contributed by atoms with Crippen LogP contribution < -0.4 is 4.74 Å². The third-order valence-electron chi connectivity index (χ3n) is 5.93. The van der Waals surface area contributed by atoms with E-state index in [0.717, 1.165) is 12.0 Å². The zero-order chi connectivity index (χ0) is 22.8. The molecule has 0 heterocycles. The summed E-state index contributed by atoms with van der Waals surface area (Å²) < 4.78 is 43.1. The molecule has 5 nitrogen and oxygen atoms in total. The minimum Gasteiger partial charge on any atom is -0.405 e. The van der Waals surface area contributed by atoms with Crippen molar-refractivity contribution in [2.75, 3.05) is 6.61 Å². The summed E-state index contributed by atoms with van der Waals surface area (Å²) in [6.45, 7) is 1.57. The van der Waals surface area contributed by atoms with Crippen LogP contribution in [0.15, 0.2) is 42.5 Å². The lowest BCUT2D eigenvalue weighted by molar-refractivity contribution is -0.275. The average molecular weight is 440 g/mol. The molecule has 0 aromatic heterocycles. The van der Waals surface area contributed by atoms with Crippen molar-refractivity contribution in [1.29, 1.82) is 0 Å². The summed E-state index contributed by atoms with van der Waals surface area (Å²) in [6, 6.07) is 12.2. The number of hydrogen-bond acceptors (Lipinski definition) is 5. The van der Waals surface area contributed by atoms with Crippen molar-refractivity contribution in [3.63, 3.8) is 0 Å². The van der Waals surface area contributed by atoms with Crippen LogP contribution in [0.2, 0.25) is 0 Å². The first-order valence-corrected chi connectivity index (χ1v) is 10.2. The highest BCUT2D eigenvalue weighted by Crippen LogP contribution is 2.42. The van der Waals surface area contributed by atoms with E-state index in [1.807, 2.05) is 31.2 Å². The lowest BCUT2D eigenvalue weighted by atomic mass is 9.72. The highest BCUT2D eigenvalue weighted by Gasteiger charge is 2.44. The van der Waals surface area contributed by atoms with Gasteiger partial charge in [-0.1, -0.05) is 43.3 Å². The number of halogens is 3. The molecule has 4 N–H and O–H groups in total. The molecule has 0 bridgehead atoms. The van der Waals surface area contributed by atoms with Gasteiger partial charge in [-0.2, -0.15) is 0 Å². The average Bonchev–Trinajstić information content (AvgIpc) is 2.73. The molecular weight excluding hydrogens is 413 g/mol. The van der Waals surface area contributed by atoms with Gasteiger partial charge in [-0.25, -0.2) is 0 Å². The van der Waals surface area contributed by atoms with Gasteiger partial charge in [0.25, 0.3) is 0 Å². The van der Waals surface area contributed by atoms with Crippen LogP contribution in [0.25, 0.3) is 0 Å². The molecule has 31 heavy (non-hydrogen) atoms. The molecule has 2 aromatic carbocycles. The Bertz CT molecular complexity index is 867. The van der Waals surface area contributed by atoms with Crippen LogP contribution >= 0.6 is 0 Å². The number of ether oxygens (including phenoxy) is 1. The number of aliphatic hydroxyl groups excluding tert-OH is 4. The molecule has 170 valence electrons. The molecule has 3 rings (SSSR count). The molecule has 1 fully saturated rings. The van der Waals surface area contributed by atoms with Crippen molar-refractivity contribution in [1.82, 2.24) is 0 Å². The summed E-state index contributed by atoms with van der Waals surface area (Å²) in [6.07, 6.45) is -8.05. The van der Waals surface area contributed by atoms with E-state index in [-0.39, 0.29) is 12.0 Å². The van der Waals surface area contributed by atoms with Crippen molar-refractivity contribution >= 4 is 0 Å². The van der Waals surface area contributed by atoms with E-state index in [2.05, 4.69) is 4.74 Å². The van der Waals surface area contributed by atoms with Crippen molar-refractivity contribution < 1.29 is 38.3 Å².